The predicted octanol–water partition coefficient (Wildman–Crippen LogP) is 2.75. The Morgan fingerprint density at radius 3 is 3.07 bits per heavy atom. The highest BCUT2D eigenvalue weighted by Crippen LogP contribution is 2.45. The van der Waals surface area contributed by atoms with Crippen molar-refractivity contribution in [1.82, 2.24) is 9.78 Å². The van der Waals surface area contributed by atoms with E-state index >= 15 is 0 Å². The van der Waals surface area contributed by atoms with Gasteiger partial charge in [0.15, 0.2) is 9.92 Å². The molecular formula is C19H23N5O3S. The molecule has 148 valence electrons. The van der Waals surface area contributed by atoms with Gasteiger partial charge in [0.2, 0.25) is 5.88 Å². The van der Waals surface area contributed by atoms with E-state index in [4.69, 9.17) is 9.88 Å². The van der Waals surface area contributed by atoms with Crippen molar-refractivity contribution < 1.29 is 13.7 Å². The van der Waals surface area contributed by atoms with E-state index in [1.165, 1.54) is 28.5 Å². The molecule has 0 bridgehead atoms. The quantitative estimate of drug-likeness (QED) is 0.806. The molecule has 0 saturated heterocycles. The summed E-state index contributed by atoms with van der Waals surface area (Å²) in [6, 6.07) is 1.58. The number of aromatic nitrogens is 2. The number of carbonyl (C=O) groups excluding carboxylic acids is 1. The molecule has 9 heteroatoms. The summed E-state index contributed by atoms with van der Waals surface area (Å²) in [5.41, 5.74) is 5.80. The van der Waals surface area contributed by atoms with Gasteiger partial charge in [-0.1, -0.05) is 13.0 Å². The highest BCUT2D eigenvalue weighted by molar-refractivity contribution is 7.91. The molecule has 5 rings (SSSR count). The van der Waals surface area contributed by atoms with Crippen LogP contribution in [0.15, 0.2) is 21.5 Å². The van der Waals surface area contributed by atoms with Crippen molar-refractivity contribution in [2.45, 2.75) is 56.4 Å². The zero-order valence-corrected chi connectivity index (χ0v) is 16.6. The van der Waals surface area contributed by atoms with Crippen LogP contribution >= 0.6 is 0 Å². The number of hydrogen-bond acceptors (Lipinski definition) is 4. The van der Waals surface area contributed by atoms with Crippen LogP contribution < -0.4 is 15.2 Å². The molecule has 0 radical (unpaired) electrons. The van der Waals surface area contributed by atoms with Crippen molar-refractivity contribution >= 4 is 21.6 Å². The van der Waals surface area contributed by atoms with Crippen LogP contribution in [0.25, 0.3) is 0 Å². The number of carbonyl (C=O) groups is 1. The Kier molecular flexibility index (Phi) is 3.99. The van der Waals surface area contributed by atoms with Crippen molar-refractivity contribution in [2.24, 2.45) is 9.50 Å². The number of ether oxygens (including phenoxy) is 1. The standard InChI is InChI=1S/C19H23N5O3S/c1-11-8-13-9-12-4-2-5-14(12)17(16(11)13)22-19(25)23-28(20,26)15-10-21-24-6-3-7-27-18(15)24/h9-11H,2-8H2,1H3,(H3,20,22,23,25,26)/t11-,28-/m0/s1. The Hall–Kier alpha value is -2.39. The lowest BCUT2D eigenvalue weighted by atomic mass is 9.75. The fourth-order valence-corrected chi connectivity index (χ4v) is 5.55. The molecule has 2 aromatic rings. The van der Waals surface area contributed by atoms with Gasteiger partial charge in [-0.05, 0) is 53.9 Å². The summed E-state index contributed by atoms with van der Waals surface area (Å²) >= 11 is 0. The van der Waals surface area contributed by atoms with Gasteiger partial charge in [0.05, 0.1) is 12.8 Å². The average molecular weight is 401 g/mol. The highest BCUT2D eigenvalue weighted by atomic mass is 32.2. The number of nitrogens with zero attached hydrogens (tertiary/aromatic N) is 3. The first-order chi connectivity index (χ1) is 13.4. The predicted molar refractivity (Wildman–Crippen MR) is 105 cm³/mol. The van der Waals surface area contributed by atoms with Crippen LogP contribution in [-0.4, -0.2) is 26.6 Å². The fourth-order valence-electron chi connectivity index (χ4n) is 4.55. The Morgan fingerprint density at radius 1 is 1.39 bits per heavy atom. The van der Waals surface area contributed by atoms with E-state index in [2.05, 4.69) is 27.8 Å². The first-order valence-electron chi connectivity index (χ1n) is 9.66. The lowest BCUT2D eigenvalue weighted by molar-refractivity contribution is 0.224. The zero-order chi connectivity index (χ0) is 19.5. The van der Waals surface area contributed by atoms with Crippen LogP contribution in [0.1, 0.15) is 47.9 Å². The molecule has 1 aromatic heterocycles. The Balaban J connectivity index is 1.49. The molecule has 2 amide bonds. The molecule has 2 atom stereocenters. The minimum Gasteiger partial charge on any atom is -0.477 e. The van der Waals surface area contributed by atoms with E-state index in [-0.39, 0.29) is 4.90 Å². The average Bonchev–Trinajstić information content (AvgIpc) is 3.27. The van der Waals surface area contributed by atoms with Crippen LogP contribution in [0.4, 0.5) is 10.5 Å². The van der Waals surface area contributed by atoms with Crippen LogP contribution in [0.5, 0.6) is 5.88 Å². The van der Waals surface area contributed by atoms with Gasteiger partial charge in [0, 0.05) is 18.7 Å². The lowest BCUT2D eigenvalue weighted by Gasteiger charge is -2.31. The maximum Gasteiger partial charge on any atom is 0.354 e. The summed E-state index contributed by atoms with van der Waals surface area (Å²) in [7, 11) is -3.46. The second kappa shape index (κ2) is 6.31. The SMILES string of the molecule is C[C@H]1Cc2cc3c(c(NC(=O)N=[S@](N)(=O)c4cnn5c4OCCC5)c21)CCC3. The number of fused-ring (bicyclic) bond motifs is 3. The molecule has 0 saturated carbocycles. The van der Waals surface area contributed by atoms with Gasteiger partial charge < -0.3 is 10.1 Å². The zero-order valence-electron chi connectivity index (χ0n) is 15.7. The third-order valence-electron chi connectivity index (χ3n) is 5.82. The molecular weight excluding hydrogens is 378 g/mol. The minimum atomic E-state index is -3.46. The molecule has 2 aliphatic carbocycles. The first-order valence-corrected chi connectivity index (χ1v) is 11.2. The monoisotopic (exact) mass is 401 g/mol. The summed E-state index contributed by atoms with van der Waals surface area (Å²) < 4.78 is 24.0. The van der Waals surface area contributed by atoms with Gasteiger partial charge in [0.1, 0.15) is 4.90 Å². The van der Waals surface area contributed by atoms with Crippen LogP contribution in [0.3, 0.4) is 0 Å². The van der Waals surface area contributed by atoms with Crippen molar-refractivity contribution in [3.05, 3.63) is 34.5 Å². The van der Waals surface area contributed by atoms with Crippen LogP contribution in [-0.2, 0) is 35.7 Å². The fraction of sp³-hybridized carbons (Fsp3) is 0.474. The van der Waals surface area contributed by atoms with Gasteiger partial charge in [0.25, 0.3) is 0 Å². The molecule has 3 N–H and O–H groups in total. The number of amides is 2. The molecule has 8 nitrogen and oxygen atoms in total. The summed E-state index contributed by atoms with van der Waals surface area (Å²) in [4.78, 5) is 12.8. The highest BCUT2D eigenvalue weighted by Gasteiger charge is 2.31. The number of nitrogens with one attached hydrogen (secondary N) is 1. The topological polar surface area (TPSA) is 112 Å². The number of rotatable bonds is 2. The Labute approximate surface area is 163 Å². The maximum atomic E-state index is 13.0. The second-order valence-electron chi connectivity index (χ2n) is 7.75. The molecule has 28 heavy (non-hydrogen) atoms. The van der Waals surface area contributed by atoms with Crippen molar-refractivity contribution in [3.8, 4) is 5.88 Å². The van der Waals surface area contributed by atoms with Crippen molar-refractivity contribution in [3.63, 3.8) is 0 Å². The maximum absolute atomic E-state index is 13.0. The summed E-state index contributed by atoms with van der Waals surface area (Å²) in [5, 5.41) is 13.0. The van der Waals surface area contributed by atoms with Crippen molar-refractivity contribution in [2.75, 3.05) is 11.9 Å². The molecule has 3 aliphatic rings. The minimum absolute atomic E-state index is 0.169. The number of anilines is 1. The smallest absolute Gasteiger partial charge is 0.354 e. The lowest BCUT2D eigenvalue weighted by Crippen LogP contribution is -2.23. The third kappa shape index (κ3) is 2.72. The normalized spacial score (nSPS) is 21.4. The molecule has 0 spiro atoms. The number of nitrogens with two attached hydrogens (primary N) is 1. The molecule has 1 aromatic carbocycles. The largest absolute Gasteiger partial charge is 0.477 e. The Bertz CT molecular complexity index is 1110. The summed E-state index contributed by atoms with van der Waals surface area (Å²) in [5.74, 6) is 0.739. The Morgan fingerprint density at radius 2 is 2.25 bits per heavy atom. The van der Waals surface area contributed by atoms with E-state index in [0.717, 1.165) is 37.8 Å². The van der Waals surface area contributed by atoms with Gasteiger partial charge in [-0.15, -0.1) is 4.36 Å². The molecule has 1 aliphatic heterocycles. The third-order valence-corrected chi connectivity index (χ3v) is 7.17. The van der Waals surface area contributed by atoms with E-state index in [0.29, 0.717) is 24.9 Å². The number of aryl methyl sites for hydroxylation is 2. The van der Waals surface area contributed by atoms with Gasteiger partial charge in [-0.25, -0.2) is 18.8 Å². The van der Waals surface area contributed by atoms with E-state index in [1.807, 2.05) is 0 Å². The molecule has 0 fully saturated rings. The van der Waals surface area contributed by atoms with Gasteiger partial charge in [-0.3, -0.25) is 0 Å². The first kappa shape index (κ1) is 17.7. The second-order valence-corrected chi connectivity index (χ2v) is 9.51. The molecule has 2 heterocycles. The van der Waals surface area contributed by atoms with E-state index < -0.39 is 15.9 Å². The number of urea groups is 1. The number of benzene rings is 1. The molecule has 0 unspecified atom stereocenters. The van der Waals surface area contributed by atoms with Crippen LogP contribution in [0, 0.1) is 0 Å². The van der Waals surface area contributed by atoms with Gasteiger partial charge in [-0.2, -0.15) is 5.10 Å². The van der Waals surface area contributed by atoms with Crippen LogP contribution in [0.2, 0.25) is 0 Å². The van der Waals surface area contributed by atoms with Crippen molar-refractivity contribution in [1.29, 1.82) is 0 Å². The van der Waals surface area contributed by atoms with E-state index in [1.54, 1.807) is 4.68 Å². The van der Waals surface area contributed by atoms with E-state index in [9.17, 15) is 9.00 Å². The van der Waals surface area contributed by atoms with Gasteiger partial charge >= 0.3 is 6.03 Å². The number of hydrogen-bond donors (Lipinski definition) is 2. The summed E-state index contributed by atoms with van der Waals surface area (Å²) in [6.45, 7) is 3.32. The summed E-state index contributed by atoms with van der Waals surface area (Å²) in [6.07, 6.45) is 6.28.